The monoisotopic (exact) mass is 449 g/mol. The van der Waals surface area contributed by atoms with Crippen molar-refractivity contribution in [1.29, 1.82) is 0 Å². The molecule has 0 radical (unpaired) electrons. The minimum Gasteiger partial charge on any atom is -0.383 e. The fraction of sp³-hybridized carbons (Fsp3) is 0.667. The number of aromatic nitrogens is 4. The number of ether oxygens (including phenoxy) is 1. The van der Waals surface area contributed by atoms with Crippen LogP contribution in [0.15, 0.2) is 12.5 Å². The SMILES string of the molecule is CC(C)P(=O)(O)OC1C[C@H](n2ncc3c(N)ncnc32)O[C@@H]1OP(=O)(O)C(C)C. The third-order valence-electron chi connectivity index (χ3n) is 4.57. The number of fused-ring (bicyclic) bond motifs is 1. The van der Waals surface area contributed by atoms with Crippen LogP contribution >= 0.6 is 15.2 Å². The summed E-state index contributed by atoms with van der Waals surface area (Å²) in [7, 11) is -8.06. The van der Waals surface area contributed by atoms with Crippen molar-refractivity contribution >= 4 is 32.0 Å². The van der Waals surface area contributed by atoms with E-state index in [1.54, 1.807) is 0 Å². The summed E-state index contributed by atoms with van der Waals surface area (Å²) in [5.41, 5.74) is 4.83. The van der Waals surface area contributed by atoms with Crippen molar-refractivity contribution in [3.05, 3.63) is 12.5 Å². The summed E-state index contributed by atoms with van der Waals surface area (Å²) in [6.45, 7) is 6.12. The van der Waals surface area contributed by atoms with Gasteiger partial charge < -0.3 is 20.3 Å². The number of nitrogens with two attached hydrogens (primary N) is 1. The first kappa shape index (κ1) is 22.3. The number of hydrogen-bond donors (Lipinski definition) is 3. The molecule has 1 aliphatic heterocycles. The zero-order valence-corrected chi connectivity index (χ0v) is 18.2. The highest BCUT2D eigenvalue weighted by molar-refractivity contribution is 7.53. The summed E-state index contributed by atoms with van der Waals surface area (Å²) in [4.78, 5) is 28.3. The van der Waals surface area contributed by atoms with Gasteiger partial charge in [0.15, 0.2) is 18.2 Å². The number of nitrogen functional groups attached to an aromatic ring is 1. The molecule has 3 unspecified atom stereocenters. The number of anilines is 1. The van der Waals surface area contributed by atoms with Crippen molar-refractivity contribution in [1.82, 2.24) is 19.7 Å². The number of nitrogens with zero attached hydrogens (tertiary/aromatic N) is 4. The summed E-state index contributed by atoms with van der Waals surface area (Å²) >= 11 is 0. The summed E-state index contributed by atoms with van der Waals surface area (Å²) in [5, 5.41) is 4.71. The second-order valence-electron chi connectivity index (χ2n) is 7.35. The van der Waals surface area contributed by atoms with E-state index < -0.39 is 45.1 Å². The molecule has 29 heavy (non-hydrogen) atoms. The summed E-state index contributed by atoms with van der Waals surface area (Å²) in [6, 6.07) is 0. The smallest absolute Gasteiger partial charge is 0.333 e. The van der Waals surface area contributed by atoms with Gasteiger partial charge in [0.2, 0.25) is 0 Å². The molecule has 1 fully saturated rings. The van der Waals surface area contributed by atoms with Crippen LogP contribution in [0.2, 0.25) is 0 Å². The Kier molecular flexibility index (Phi) is 6.18. The van der Waals surface area contributed by atoms with Gasteiger partial charge in [-0.1, -0.05) is 27.7 Å². The van der Waals surface area contributed by atoms with E-state index >= 15 is 0 Å². The van der Waals surface area contributed by atoms with E-state index in [1.165, 1.54) is 44.9 Å². The highest BCUT2D eigenvalue weighted by atomic mass is 31.2. The van der Waals surface area contributed by atoms with Gasteiger partial charge in [-0.2, -0.15) is 5.10 Å². The fourth-order valence-corrected chi connectivity index (χ4v) is 4.17. The molecule has 0 aromatic carbocycles. The number of rotatable bonds is 7. The summed E-state index contributed by atoms with van der Waals surface area (Å²) < 4.78 is 42.6. The van der Waals surface area contributed by atoms with Crippen LogP contribution in [0, 0.1) is 0 Å². The maximum Gasteiger partial charge on any atom is 0.333 e. The summed E-state index contributed by atoms with van der Waals surface area (Å²) in [5.74, 6) is 0.235. The predicted molar refractivity (Wildman–Crippen MR) is 104 cm³/mol. The van der Waals surface area contributed by atoms with Gasteiger partial charge in [-0.3, -0.25) is 18.2 Å². The molecule has 0 spiro atoms. The van der Waals surface area contributed by atoms with Crippen molar-refractivity contribution in [3.63, 3.8) is 0 Å². The molecule has 0 amide bonds. The molecule has 2 aromatic rings. The van der Waals surface area contributed by atoms with Crippen LogP contribution in [0.4, 0.5) is 5.82 Å². The molecule has 162 valence electrons. The Morgan fingerprint density at radius 2 is 1.79 bits per heavy atom. The van der Waals surface area contributed by atoms with Gasteiger partial charge in [-0.25, -0.2) is 14.6 Å². The molecular weight excluding hydrogens is 424 g/mol. The molecule has 4 N–H and O–H groups in total. The minimum absolute atomic E-state index is 0.0424. The van der Waals surface area contributed by atoms with Crippen LogP contribution in [0.3, 0.4) is 0 Å². The quantitative estimate of drug-likeness (QED) is 0.529. The molecule has 1 saturated heterocycles. The maximum absolute atomic E-state index is 12.4. The lowest BCUT2D eigenvalue weighted by atomic mass is 10.3. The van der Waals surface area contributed by atoms with Crippen LogP contribution in [0.1, 0.15) is 40.3 Å². The van der Waals surface area contributed by atoms with E-state index in [4.69, 9.17) is 19.5 Å². The molecule has 3 heterocycles. The lowest BCUT2D eigenvalue weighted by Gasteiger charge is -2.26. The Balaban J connectivity index is 1.92. The van der Waals surface area contributed by atoms with Crippen LogP contribution in [-0.2, 0) is 22.9 Å². The van der Waals surface area contributed by atoms with Crippen molar-refractivity contribution in [2.45, 2.75) is 64.1 Å². The largest absolute Gasteiger partial charge is 0.383 e. The lowest BCUT2D eigenvalue weighted by molar-refractivity contribution is -0.127. The Morgan fingerprint density at radius 1 is 1.17 bits per heavy atom. The molecule has 0 aliphatic carbocycles. The topological polar surface area (TPSA) is 172 Å². The Labute approximate surface area is 167 Å². The predicted octanol–water partition coefficient (Wildman–Crippen LogP) is 2.24. The molecule has 3 rings (SSSR count). The third kappa shape index (κ3) is 4.54. The molecule has 1 aliphatic rings. The Hall–Kier alpha value is -1.39. The van der Waals surface area contributed by atoms with Crippen LogP contribution in [0.25, 0.3) is 11.0 Å². The molecule has 2 aromatic heterocycles. The van der Waals surface area contributed by atoms with E-state index in [0.29, 0.717) is 11.0 Å². The average Bonchev–Trinajstić information content (AvgIpc) is 3.19. The first-order valence-electron chi connectivity index (χ1n) is 9.03. The first-order valence-corrected chi connectivity index (χ1v) is 12.3. The van der Waals surface area contributed by atoms with Gasteiger partial charge in [0.05, 0.1) is 22.9 Å². The Morgan fingerprint density at radius 3 is 2.41 bits per heavy atom. The second kappa shape index (κ2) is 8.03. The van der Waals surface area contributed by atoms with Crippen molar-refractivity contribution in [3.8, 4) is 0 Å². The molecule has 5 atom stereocenters. The van der Waals surface area contributed by atoms with E-state index in [2.05, 4.69) is 15.1 Å². The molecule has 0 saturated carbocycles. The van der Waals surface area contributed by atoms with E-state index in [9.17, 15) is 18.9 Å². The van der Waals surface area contributed by atoms with Gasteiger partial charge >= 0.3 is 15.2 Å². The highest BCUT2D eigenvalue weighted by Crippen LogP contribution is 2.55. The zero-order valence-electron chi connectivity index (χ0n) is 16.4. The van der Waals surface area contributed by atoms with Crippen LogP contribution in [0.5, 0.6) is 0 Å². The normalized spacial score (nSPS) is 26.8. The fourth-order valence-electron chi connectivity index (χ4n) is 2.63. The second-order valence-corrected chi connectivity index (χ2v) is 12.1. The zero-order chi connectivity index (χ0) is 21.6. The van der Waals surface area contributed by atoms with Gasteiger partial charge in [0.1, 0.15) is 18.2 Å². The van der Waals surface area contributed by atoms with Gasteiger partial charge in [0.25, 0.3) is 0 Å². The standard InChI is InChI=1S/C15H25N5O7P2/c1-8(2)28(21,22)26-11-5-12(25-15(11)27-29(23,24)9(3)4)20-14-10(6-19-20)13(16)17-7-18-14/h6-9,11-12,15H,5H2,1-4H3,(H,21,22)(H,23,24)(H2,16,17,18)/t11?,12-,15-/m1/s1. The minimum atomic E-state index is -4.05. The van der Waals surface area contributed by atoms with Gasteiger partial charge in [-0.05, 0) is 0 Å². The van der Waals surface area contributed by atoms with E-state index in [0.717, 1.165) is 0 Å². The third-order valence-corrected chi connectivity index (χ3v) is 8.26. The van der Waals surface area contributed by atoms with Crippen molar-refractivity contribution in [2.75, 3.05) is 5.73 Å². The van der Waals surface area contributed by atoms with E-state index in [1.807, 2.05) is 0 Å². The van der Waals surface area contributed by atoms with Gasteiger partial charge in [0, 0.05) is 6.42 Å². The van der Waals surface area contributed by atoms with Crippen LogP contribution < -0.4 is 5.73 Å². The molecular formula is C15H25N5O7P2. The molecule has 12 nitrogen and oxygen atoms in total. The lowest BCUT2D eigenvalue weighted by Crippen LogP contribution is -2.27. The summed E-state index contributed by atoms with van der Waals surface area (Å²) in [6.07, 6.45) is -0.467. The molecule has 0 bridgehead atoms. The average molecular weight is 449 g/mol. The van der Waals surface area contributed by atoms with Crippen LogP contribution in [-0.4, -0.2) is 53.2 Å². The molecule has 14 heteroatoms. The van der Waals surface area contributed by atoms with Gasteiger partial charge in [-0.15, -0.1) is 0 Å². The van der Waals surface area contributed by atoms with Crippen molar-refractivity contribution in [2.24, 2.45) is 0 Å². The first-order chi connectivity index (χ1) is 13.4. The maximum atomic E-state index is 12.4. The Bertz CT molecular complexity index is 943. The number of hydrogen-bond acceptors (Lipinski definition) is 9. The highest BCUT2D eigenvalue weighted by Gasteiger charge is 2.46. The van der Waals surface area contributed by atoms with E-state index in [-0.39, 0.29) is 12.2 Å². The van der Waals surface area contributed by atoms with Crippen molar-refractivity contribution < 1.29 is 32.7 Å².